The molecule has 106 valence electrons. The number of nitrogens with zero attached hydrogens (tertiary/aromatic N) is 1. The first-order valence-corrected chi connectivity index (χ1v) is 6.53. The van der Waals surface area contributed by atoms with E-state index in [1.54, 1.807) is 30.0 Å². The molecule has 1 atom stereocenters. The number of primary amides is 1. The molecule has 1 unspecified atom stereocenters. The number of benzene rings is 1. The lowest BCUT2D eigenvalue weighted by molar-refractivity contribution is -0.128. The molecule has 1 fully saturated rings. The van der Waals surface area contributed by atoms with Gasteiger partial charge in [-0.25, -0.2) is 0 Å². The molecule has 1 aromatic rings. The number of hydrogen-bond acceptors (Lipinski definition) is 3. The molecule has 2 rings (SSSR count). The van der Waals surface area contributed by atoms with Gasteiger partial charge >= 0.3 is 0 Å². The van der Waals surface area contributed by atoms with E-state index in [2.05, 4.69) is 0 Å². The van der Waals surface area contributed by atoms with Crippen LogP contribution in [0.4, 0.5) is 5.69 Å². The van der Waals surface area contributed by atoms with E-state index < -0.39 is 5.41 Å². The van der Waals surface area contributed by atoms with Crippen LogP contribution in [0.5, 0.6) is 0 Å². The summed E-state index contributed by atoms with van der Waals surface area (Å²) < 4.78 is 0. The molecule has 0 aromatic heterocycles. The first kappa shape index (κ1) is 14.1. The molecule has 0 saturated carbocycles. The fourth-order valence-electron chi connectivity index (χ4n) is 2.29. The fraction of sp³-hybridized carbons (Fsp3) is 0.333. The van der Waals surface area contributed by atoms with E-state index in [1.807, 2.05) is 12.1 Å². The lowest BCUT2D eigenvalue weighted by Crippen LogP contribution is -2.38. The number of rotatable bonds is 3. The van der Waals surface area contributed by atoms with Crippen LogP contribution >= 0.6 is 0 Å². The maximum absolute atomic E-state index is 12.1. The summed E-state index contributed by atoms with van der Waals surface area (Å²) in [5, 5.41) is 0. The first-order valence-electron chi connectivity index (χ1n) is 6.53. The Morgan fingerprint density at radius 2 is 2.15 bits per heavy atom. The monoisotopic (exact) mass is 273 g/mol. The minimum atomic E-state index is -0.610. The number of anilines is 1. The molecule has 1 aliphatic heterocycles. The summed E-state index contributed by atoms with van der Waals surface area (Å²) in [5.41, 5.74) is 12.0. The van der Waals surface area contributed by atoms with Gasteiger partial charge in [0.1, 0.15) is 0 Å². The molecule has 1 aliphatic rings. The second-order valence-corrected chi connectivity index (χ2v) is 5.44. The van der Waals surface area contributed by atoms with Gasteiger partial charge < -0.3 is 16.4 Å². The number of nitrogen functional groups attached to an aromatic ring is 1. The van der Waals surface area contributed by atoms with Gasteiger partial charge in [0.05, 0.1) is 5.41 Å². The number of carbonyl (C=O) groups is 2. The van der Waals surface area contributed by atoms with Crippen molar-refractivity contribution in [3.8, 4) is 0 Å². The van der Waals surface area contributed by atoms with Gasteiger partial charge in [0.25, 0.3) is 0 Å². The number of carbonyl (C=O) groups excluding carboxylic acids is 2. The van der Waals surface area contributed by atoms with Crippen LogP contribution in [0.2, 0.25) is 0 Å². The van der Waals surface area contributed by atoms with E-state index in [-0.39, 0.29) is 11.8 Å². The molecule has 1 heterocycles. The van der Waals surface area contributed by atoms with Gasteiger partial charge in [-0.1, -0.05) is 12.1 Å². The Bertz CT molecular complexity index is 568. The van der Waals surface area contributed by atoms with Gasteiger partial charge in [-0.3, -0.25) is 9.59 Å². The zero-order valence-corrected chi connectivity index (χ0v) is 11.5. The van der Waals surface area contributed by atoms with E-state index in [0.29, 0.717) is 25.2 Å². The van der Waals surface area contributed by atoms with Crippen LogP contribution in [0.15, 0.2) is 30.3 Å². The predicted octanol–water partition coefficient (Wildman–Crippen LogP) is 1.01. The Morgan fingerprint density at radius 3 is 2.75 bits per heavy atom. The molecule has 2 amide bonds. The van der Waals surface area contributed by atoms with Crippen LogP contribution in [0.25, 0.3) is 6.08 Å². The Morgan fingerprint density at radius 1 is 1.40 bits per heavy atom. The number of likely N-dealkylation sites (tertiary alicyclic amines) is 1. The highest BCUT2D eigenvalue weighted by Gasteiger charge is 2.40. The Balaban J connectivity index is 2.01. The lowest BCUT2D eigenvalue weighted by Gasteiger charge is -2.20. The fourth-order valence-corrected chi connectivity index (χ4v) is 2.29. The third kappa shape index (κ3) is 2.99. The summed E-state index contributed by atoms with van der Waals surface area (Å²) in [6.07, 6.45) is 3.83. The van der Waals surface area contributed by atoms with Crippen LogP contribution in [-0.4, -0.2) is 29.8 Å². The summed E-state index contributed by atoms with van der Waals surface area (Å²) in [6, 6.07) is 7.29. The minimum Gasteiger partial charge on any atom is -0.399 e. The van der Waals surface area contributed by atoms with Crippen LogP contribution < -0.4 is 11.5 Å². The van der Waals surface area contributed by atoms with Crippen molar-refractivity contribution in [2.24, 2.45) is 11.1 Å². The van der Waals surface area contributed by atoms with Gasteiger partial charge in [-0.2, -0.15) is 0 Å². The van der Waals surface area contributed by atoms with E-state index >= 15 is 0 Å². The van der Waals surface area contributed by atoms with Gasteiger partial charge in [-0.15, -0.1) is 0 Å². The summed E-state index contributed by atoms with van der Waals surface area (Å²) >= 11 is 0. The molecular formula is C15H19N3O2. The predicted molar refractivity (Wildman–Crippen MR) is 78.4 cm³/mol. The van der Waals surface area contributed by atoms with E-state index in [4.69, 9.17) is 11.5 Å². The van der Waals surface area contributed by atoms with E-state index in [1.165, 1.54) is 6.08 Å². The standard InChI is InChI=1S/C15H19N3O2/c1-15(14(17)20)7-8-18(10-15)13(19)6-5-11-3-2-4-12(16)9-11/h2-6,9H,7-8,10,16H2,1H3,(H2,17,20)/b6-5+. The Hall–Kier alpha value is -2.30. The van der Waals surface area contributed by atoms with Crippen molar-refractivity contribution < 1.29 is 9.59 Å². The third-order valence-electron chi connectivity index (χ3n) is 3.71. The molecule has 0 radical (unpaired) electrons. The van der Waals surface area contributed by atoms with Crippen molar-refractivity contribution in [3.63, 3.8) is 0 Å². The molecule has 1 aromatic carbocycles. The zero-order valence-electron chi connectivity index (χ0n) is 11.5. The number of nitrogens with two attached hydrogens (primary N) is 2. The van der Waals surface area contributed by atoms with Crippen molar-refractivity contribution in [3.05, 3.63) is 35.9 Å². The maximum Gasteiger partial charge on any atom is 0.246 e. The van der Waals surface area contributed by atoms with E-state index in [9.17, 15) is 9.59 Å². The molecule has 1 saturated heterocycles. The molecule has 0 aliphatic carbocycles. The van der Waals surface area contributed by atoms with E-state index in [0.717, 1.165) is 5.56 Å². The second-order valence-electron chi connectivity index (χ2n) is 5.44. The zero-order chi connectivity index (χ0) is 14.8. The largest absolute Gasteiger partial charge is 0.399 e. The normalized spacial score (nSPS) is 22.4. The van der Waals surface area contributed by atoms with Crippen molar-refractivity contribution in [1.82, 2.24) is 4.90 Å². The minimum absolute atomic E-state index is 0.114. The Kier molecular flexibility index (Phi) is 3.79. The lowest BCUT2D eigenvalue weighted by atomic mass is 9.89. The summed E-state index contributed by atoms with van der Waals surface area (Å²) in [4.78, 5) is 25.1. The molecule has 0 spiro atoms. The summed E-state index contributed by atoms with van der Waals surface area (Å²) in [5.74, 6) is -0.468. The van der Waals surface area contributed by atoms with Crippen molar-refractivity contribution >= 4 is 23.6 Å². The highest BCUT2D eigenvalue weighted by atomic mass is 16.2. The highest BCUT2D eigenvalue weighted by molar-refractivity contribution is 5.93. The average molecular weight is 273 g/mol. The van der Waals surface area contributed by atoms with Crippen LogP contribution in [0.3, 0.4) is 0 Å². The van der Waals surface area contributed by atoms with Crippen molar-refractivity contribution in [1.29, 1.82) is 0 Å². The van der Waals surface area contributed by atoms with Crippen molar-refractivity contribution in [2.45, 2.75) is 13.3 Å². The van der Waals surface area contributed by atoms with Crippen LogP contribution in [0.1, 0.15) is 18.9 Å². The SMILES string of the molecule is CC1(C(N)=O)CCN(C(=O)/C=C/c2cccc(N)c2)C1. The highest BCUT2D eigenvalue weighted by Crippen LogP contribution is 2.29. The average Bonchev–Trinajstić information content (AvgIpc) is 2.80. The quantitative estimate of drug-likeness (QED) is 0.636. The van der Waals surface area contributed by atoms with Gasteiger partial charge in [0.15, 0.2) is 0 Å². The number of amides is 2. The smallest absolute Gasteiger partial charge is 0.246 e. The first-order chi connectivity index (χ1) is 9.40. The Labute approximate surface area is 118 Å². The number of hydrogen-bond donors (Lipinski definition) is 2. The summed E-state index contributed by atoms with van der Waals surface area (Å²) in [7, 11) is 0. The van der Waals surface area contributed by atoms with Crippen LogP contribution in [0, 0.1) is 5.41 Å². The van der Waals surface area contributed by atoms with Crippen molar-refractivity contribution in [2.75, 3.05) is 18.8 Å². The topological polar surface area (TPSA) is 89.4 Å². The van der Waals surface area contributed by atoms with Crippen LogP contribution in [-0.2, 0) is 9.59 Å². The molecular weight excluding hydrogens is 254 g/mol. The molecule has 4 N–H and O–H groups in total. The molecule has 20 heavy (non-hydrogen) atoms. The maximum atomic E-state index is 12.1. The molecule has 5 nitrogen and oxygen atoms in total. The molecule has 5 heteroatoms. The summed E-state index contributed by atoms with van der Waals surface area (Å²) in [6.45, 7) is 2.73. The molecule has 0 bridgehead atoms. The third-order valence-corrected chi connectivity index (χ3v) is 3.71. The van der Waals surface area contributed by atoms with Gasteiger partial charge in [0, 0.05) is 24.9 Å². The van der Waals surface area contributed by atoms with Gasteiger partial charge in [-0.05, 0) is 37.1 Å². The van der Waals surface area contributed by atoms with Gasteiger partial charge in [0.2, 0.25) is 11.8 Å². The second kappa shape index (κ2) is 5.36.